The lowest BCUT2D eigenvalue weighted by Crippen LogP contribution is -2.27. The van der Waals surface area contributed by atoms with Crippen molar-refractivity contribution in [3.8, 4) is 0 Å². The molecule has 0 amide bonds. The number of rotatable bonds is 2. The molecule has 1 aromatic heterocycles. The highest BCUT2D eigenvalue weighted by Crippen LogP contribution is 2.32. The monoisotopic (exact) mass is 215 g/mol. The summed E-state index contributed by atoms with van der Waals surface area (Å²) in [4.78, 5) is 0.692. The van der Waals surface area contributed by atoms with Crippen molar-refractivity contribution in [2.45, 2.75) is 18.9 Å². The summed E-state index contributed by atoms with van der Waals surface area (Å²) in [6.07, 6.45) is 1.89. The van der Waals surface area contributed by atoms with Gasteiger partial charge in [0.15, 0.2) is 0 Å². The predicted octanol–water partition coefficient (Wildman–Crippen LogP) is 2.31. The van der Waals surface area contributed by atoms with Gasteiger partial charge in [0.05, 0.1) is 4.88 Å². The Morgan fingerprint density at radius 2 is 2.21 bits per heavy atom. The van der Waals surface area contributed by atoms with Crippen LogP contribution in [0.5, 0.6) is 0 Å². The molecule has 2 rings (SSSR count). The Morgan fingerprint density at radius 3 is 2.79 bits per heavy atom. The largest absolute Gasteiger partial charge is 0.381 e. The molecular weight excluding hydrogens is 201 g/mol. The minimum atomic E-state index is -0.158. The zero-order valence-corrected chi connectivity index (χ0v) is 8.73. The number of hydrogen-bond donors (Lipinski definition) is 1. The third-order valence-corrected chi connectivity index (χ3v) is 3.71. The fraction of sp³-hybridized carbons (Fsp3) is 0.600. The fourth-order valence-electron chi connectivity index (χ4n) is 1.83. The number of ether oxygens (including phenoxy) is 1. The molecule has 1 fully saturated rings. The van der Waals surface area contributed by atoms with Crippen molar-refractivity contribution in [3.05, 3.63) is 22.1 Å². The van der Waals surface area contributed by atoms with Gasteiger partial charge < -0.3 is 10.5 Å². The molecule has 2 N–H and O–H groups in total. The van der Waals surface area contributed by atoms with Crippen LogP contribution in [0.25, 0.3) is 0 Å². The summed E-state index contributed by atoms with van der Waals surface area (Å²) >= 11 is 1.41. The summed E-state index contributed by atoms with van der Waals surface area (Å²) in [5.41, 5.74) is 6.03. The molecule has 1 unspecified atom stereocenters. The maximum absolute atomic E-state index is 13.3. The Labute approximate surface area is 86.9 Å². The van der Waals surface area contributed by atoms with E-state index in [1.54, 1.807) is 5.38 Å². The summed E-state index contributed by atoms with van der Waals surface area (Å²) in [6.45, 7) is 1.51. The van der Waals surface area contributed by atoms with Gasteiger partial charge in [0.1, 0.15) is 5.82 Å². The Morgan fingerprint density at radius 1 is 1.50 bits per heavy atom. The molecule has 4 heteroatoms. The van der Waals surface area contributed by atoms with Gasteiger partial charge in [-0.25, -0.2) is 4.39 Å². The van der Waals surface area contributed by atoms with Crippen LogP contribution in [0.15, 0.2) is 11.4 Å². The van der Waals surface area contributed by atoms with E-state index in [1.165, 1.54) is 17.4 Å². The van der Waals surface area contributed by atoms with Crippen LogP contribution >= 0.6 is 11.3 Å². The van der Waals surface area contributed by atoms with Crippen molar-refractivity contribution >= 4 is 11.3 Å². The zero-order valence-electron chi connectivity index (χ0n) is 7.91. The molecule has 0 radical (unpaired) electrons. The second-order valence-corrected chi connectivity index (χ2v) is 4.56. The number of hydrogen-bond acceptors (Lipinski definition) is 3. The van der Waals surface area contributed by atoms with Gasteiger partial charge in [-0.3, -0.25) is 0 Å². The quantitative estimate of drug-likeness (QED) is 0.821. The summed E-state index contributed by atoms with van der Waals surface area (Å²) < 4.78 is 18.5. The van der Waals surface area contributed by atoms with Crippen molar-refractivity contribution in [2.24, 2.45) is 11.7 Å². The van der Waals surface area contributed by atoms with E-state index >= 15 is 0 Å². The second-order valence-electron chi connectivity index (χ2n) is 3.61. The van der Waals surface area contributed by atoms with E-state index in [9.17, 15) is 4.39 Å². The first kappa shape index (κ1) is 10.1. The molecule has 0 aliphatic carbocycles. The van der Waals surface area contributed by atoms with Crippen molar-refractivity contribution in [3.63, 3.8) is 0 Å². The number of halogens is 1. The van der Waals surface area contributed by atoms with Crippen LogP contribution in [0.3, 0.4) is 0 Å². The third-order valence-electron chi connectivity index (χ3n) is 2.72. The van der Waals surface area contributed by atoms with Gasteiger partial charge >= 0.3 is 0 Å². The van der Waals surface area contributed by atoms with Crippen LogP contribution in [0.4, 0.5) is 4.39 Å². The van der Waals surface area contributed by atoms with E-state index in [4.69, 9.17) is 10.5 Å². The highest BCUT2D eigenvalue weighted by atomic mass is 32.1. The molecular formula is C10H14FNOS. The Balaban J connectivity index is 2.07. The molecule has 1 aliphatic heterocycles. The average molecular weight is 215 g/mol. The van der Waals surface area contributed by atoms with Crippen LogP contribution < -0.4 is 5.73 Å². The SMILES string of the molecule is NC(c1sccc1F)C1CCOCC1. The van der Waals surface area contributed by atoms with Gasteiger partial charge in [0, 0.05) is 19.3 Å². The fourth-order valence-corrected chi connectivity index (χ4v) is 2.70. The van der Waals surface area contributed by atoms with Crippen LogP contribution in [-0.2, 0) is 4.74 Å². The molecule has 2 heterocycles. The van der Waals surface area contributed by atoms with Crippen LogP contribution in [0.1, 0.15) is 23.8 Å². The maximum Gasteiger partial charge on any atom is 0.138 e. The topological polar surface area (TPSA) is 35.2 Å². The standard InChI is InChI=1S/C10H14FNOS/c11-8-3-6-14-10(8)9(12)7-1-4-13-5-2-7/h3,6-7,9H,1-2,4-5,12H2. The average Bonchev–Trinajstić information content (AvgIpc) is 2.65. The first-order chi connectivity index (χ1) is 6.79. The van der Waals surface area contributed by atoms with E-state index < -0.39 is 0 Å². The normalized spacial score (nSPS) is 21.0. The predicted molar refractivity (Wildman–Crippen MR) is 54.7 cm³/mol. The number of thiophene rings is 1. The molecule has 0 spiro atoms. The second kappa shape index (κ2) is 4.38. The number of nitrogens with two attached hydrogens (primary N) is 1. The van der Waals surface area contributed by atoms with Gasteiger partial charge in [0.2, 0.25) is 0 Å². The van der Waals surface area contributed by atoms with Gasteiger partial charge in [-0.1, -0.05) is 0 Å². The molecule has 1 saturated heterocycles. The molecule has 1 aliphatic rings. The lowest BCUT2D eigenvalue weighted by atomic mass is 9.91. The Kier molecular flexibility index (Phi) is 3.15. The summed E-state index contributed by atoms with van der Waals surface area (Å²) in [6, 6.07) is 1.33. The van der Waals surface area contributed by atoms with Gasteiger partial charge in [-0.2, -0.15) is 0 Å². The van der Waals surface area contributed by atoms with Gasteiger partial charge in [0.25, 0.3) is 0 Å². The molecule has 1 aromatic rings. The van der Waals surface area contributed by atoms with Crippen molar-refractivity contribution in [1.82, 2.24) is 0 Å². The van der Waals surface area contributed by atoms with Crippen LogP contribution in [0.2, 0.25) is 0 Å². The van der Waals surface area contributed by atoms with Gasteiger partial charge in [-0.15, -0.1) is 11.3 Å². The molecule has 14 heavy (non-hydrogen) atoms. The van der Waals surface area contributed by atoms with Crippen LogP contribution in [-0.4, -0.2) is 13.2 Å². The van der Waals surface area contributed by atoms with Crippen molar-refractivity contribution in [2.75, 3.05) is 13.2 Å². The Hall–Kier alpha value is -0.450. The molecule has 1 atom stereocenters. The van der Waals surface area contributed by atoms with E-state index in [2.05, 4.69) is 0 Å². The summed E-state index contributed by atoms with van der Waals surface area (Å²) in [5.74, 6) is 0.214. The van der Waals surface area contributed by atoms with E-state index in [1.807, 2.05) is 0 Å². The van der Waals surface area contributed by atoms with E-state index in [0.717, 1.165) is 26.1 Å². The summed E-state index contributed by atoms with van der Waals surface area (Å²) in [7, 11) is 0. The first-order valence-corrected chi connectivity index (χ1v) is 5.73. The first-order valence-electron chi connectivity index (χ1n) is 4.85. The third kappa shape index (κ3) is 1.97. The molecule has 2 nitrogen and oxygen atoms in total. The highest BCUT2D eigenvalue weighted by Gasteiger charge is 2.25. The molecule has 0 bridgehead atoms. The zero-order chi connectivity index (χ0) is 9.97. The van der Waals surface area contributed by atoms with Crippen LogP contribution in [0, 0.1) is 11.7 Å². The van der Waals surface area contributed by atoms with Gasteiger partial charge in [-0.05, 0) is 30.2 Å². The van der Waals surface area contributed by atoms with Crippen molar-refractivity contribution in [1.29, 1.82) is 0 Å². The minimum absolute atomic E-state index is 0.154. The Bertz CT molecular complexity index is 296. The molecule has 0 aromatic carbocycles. The molecule has 78 valence electrons. The lowest BCUT2D eigenvalue weighted by Gasteiger charge is -2.26. The van der Waals surface area contributed by atoms with E-state index in [0.29, 0.717) is 10.8 Å². The highest BCUT2D eigenvalue weighted by molar-refractivity contribution is 7.10. The maximum atomic E-state index is 13.3. The smallest absolute Gasteiger partial charge is 0.138 e. The van der Waals surface area contributed by atoms with E-state index in [-0.39, 0.29) is 11.9 Å². The van der Waals surface area contributed by atoms with Crippen molar-refractivity contribution < 1.29 is 9.13 Å². The minimum Gasteiger partial charge on any atom is -0.381 e. The summed E-state index contributed by atoms with van der Waals surface area (Å²) in [5, 5.41) is 1.75. The molecule has 0 saturated carbocycles. The lowest BCUT2D eigenvalue weighted by molar-refractivity contribution is 0.0584.